The fraction of sp³-hybridized carbons (Fsp3) is 0.294. The highest BCUT2D eigenvalue weighted by Gasteiger charge is 2.15. The Morgan fingerprint density at radius 3 is 2.25 bits per heavy atom. The van der Waals surface area contributed by atoms with Gasteiger partial charge in [0.05, 0.1) is 0 Å². The largest absolute Gasteiger partial charge is 0.303 e. The van der Waals surface area contributed by atoms with Gasteiger partial charge in [-0.3, -0.25) is 0 Å². The van der Waals surface area contributed by atoms with Crippen LogP contribution in [0.15, 0.2) is 57.5 Å². The van der Waals surface area contributed by atoms with Gasteiger partial charge in [-0.05, 0) is 42.7 Å². The van der Waals surface area contributed by atoms with Gasteiger partial charge < -0.3 is 5.32 Å². The molecule has 0 bridgehead atoms. The molecule has 1 N–H and O–H groups in total. The van der Waals surface area contributed by atoms with Gasteiger partial charge in [-0.2, -0.15) is 0 Å². The van der Waals surface area contributed by atoms with Crippen molar-refractivity contribution in [2.45, 2.75) is 32.4 Å². The summed E-state index contributed by atoms with van der Waals surface area (Å²) in [5.74, 6) is 0. The summed E-state index contributed by atoms with van der Waals surface area (Å²) < 4.78 is 2.28. The third-order valence-electron chi connectivity index (χ3n) is 3.50. The van der Waals surface area contributed by atoms with Crippen molar-refractivity contribution in [2.75, 3.05) is 0 Å². The number of nitrogens with one attached hydrogen (secondary N) is 1. The molecular weight excluding hydrogens is 378 g/mol. The molecule has 1 unspecified atom stereocenters. The van der Waals surface area contributed by atoms with Crippen LogP contribution in [-0.4, -0.2) is 0 Å². The molecule has 2 rings (SSSR count). The van der Waals surface area contributed by atoms with Crippen LogP contribution in [0.5, 0.6) is 0 Å². The average molecular weight is 397 g/mol. The van der Waals surface area contributed by atoms with E-state index in [1.54, 1.807) is 0 Å². The highest BCUT2D eigenvalue weighted by Crippen LogP contribution is 2.27. The van der Waals surface area contributed by atoms with E-state index in [0.717, 1.165) is 15.4 Å². The average Bonchev–Trinajstić information content (AvgIpc) is 2.46. The fourth-order valence-corrected chi connectivity index (χ4v) is 3.26. The van der Waals surface area contributed by atoms with E-state index in [0.29, 0.717) is 12.1 Å². The second-order valence-corrected chi connectivity index (χ2v) is 6.69. The number of halogens is 2. The molecular formula is C17H19Br2N. The summed E-state index contributed by atoms with van der Waals surface area (Å²) in [7, 11) is 0. The first-order valence-electron chi connectivity index (χ1n) is 6.87. The zero-order valence-corrected chi connectivity index (χ0v) is 14.9. The standard InChI is InChI=1S/C17H19Br2N/c1-3-17(13-8-10-14(18)11-9-13)20-12(2)15-6-4-5-7-16(15)19/h4-12,17,20H,3H2,1-2H3/t12-,17?/m0/s1. The molecule has 0 amide bonds. The van der Waals surface area contributed by atoms with Gasteiger partial charge in [-0.15, -0.1) is 0 Å². The molecule has 0 spiro atoms. The molecule has 1 nitrogen and oxygen atoms in total. The highest BCUT2D eigenvalue weighted by molar-refractivity contribution is 9.10. The van der Waals surface area contributed by atoms with Crippen LogP contribution < -0.4 is 5.32 Å². The zero-order valence-electron chi connectivity index (χ0n) is 11.7. The molecule has 2 aromatic carbocycles. The third kappa shape index (κ3) is 3.94. The maximum atomic E-state index is 3.71. The Hall–Kier alpha value is -0.640. The lowest BCUT2D eigenvalue weighted by Crippen LogP contribution is -2.24. The van der Waals surface area contributed by atoms with Gasteiger partial charge in [-0.1, -0.05) is 69.1 Å². The Morgan fingerprint density at radius 2 is 1.65 bits per heavy atom. The molecule has 2 aromatic rings. The van der Waals surface area contributed by atoms with Crippen LogP contribution in [0.25, 0.3) is 0 Å². The molecule has 20 heavy (non-hydrogen) atoms. The second kappa shape index (κ2) is 7.39. The van der Waals surface area contributed by atoms with Crippen LogP contribution in [0.3, 0.4) is 0 Å². The Morgan fingerprint density at radius 1 is 1.00 bits per heavy atom. The Labute approximate surface area is 138 Å². The van der Waals surface area contributed by atoms with E-state index in [4.69, 9.17) is 0 Å². The van der Waals surface area contributed by atoms with Gasteiger partial charge in [0.15, 0.2) is 0 Å². The molecule has 0 saturated carbocycles. The Bertz CT molecular complexity index is 551. The lowest BCUT2D eigenvalue weighted by Gasteiger charge is -2.24. The van der Waals surface area contributed by atoms with E-state index < -0.39 is 0 Å². The van der Waals surface area contributed by atoms with Crippen molar-refractivity contribution in [1.82, 2.24) is 5.32 Å². The monoisotopic (exact) mass is 395 g/mol. The van der Waals surface area contributed by atoms with Crippen LogP contribution >= 0.6 is 31.9 Å². The van der Waals surface area contributed by atoms with Crippen molar-refractivity contribution >= 4 is 31.9 Å². The van der Waals surface area contributed by atoms with Crippen LogP contribution in [0.4, 0.5) is 0 Å². The van der Waals surface area contributed by atoms with Gasteiger partial charge in [0.25, 0.3) is 0 Å². The number of hydrogen-bond donors (Lipinski definition) is 1. The minimum absolute atomic E-state index is 0.305. The van der Waals surface area contributed by atoms with Gasteiger partial charge in [-0.25, -0.2) is 0 Å². The molecule has 0 radical (unpaired) electrons. The summed E-state index contributed by atoms with van der Waals surface area (Å²) in [6.45, 7) is 4.42. The minimum atomic E-state index is 0.305. The quantitative estimate of drug-likeness (QED) is 0.651. The van der Waals surface area contributed by atoms with Crippen molar-refractivity contribution in [3.05, 3.63) is 68.6 Å². The first-order chi connectivity index (χ1) is 9.61. The summed E-state index contributed by atoms with van der Waals surface area (Å²) in [6, 6.07) is 17.6. The number of benzene rings is 2. The van der Waals surface area contributed by atoms with Gasteiger partial charge >= 0.3 is 0 Å². The maximum absolute atomic E-state index is 3.71. The fourth-order valence-electron chi connectivity index (χ4n) is 2.36. The summed E-state index contributed by atoms with van der Waals surface area (Å²) in [5, 5.41) is 3.71. The molecule has 0 aromatic heterocycles. The SMILES string of the molecule is CCC(N[C@@H](C)c1ccccc1Br)c1ccc(Br)cc1. The van der Waals surface area contributed by atoms with Crippen molar-refractivity contribution in [3.63, 3.8) is 0 Å². The lowest BCUT2D eigenvalue weighted by molar-refractivity contribution is 0.455. The second-order valence-electron chi connectivity index (χ2n) is 4.92. The molecule has 0 heterocycles. The van der Waals surface area contributed by atoms with Crippen LogP contribution in [-0.2, 0) is 0 Å². The van der Waals surface area contributed by atoms with Crippen molar-refractivity contribution in [3.8, 4) is 0 Å². The summed E-state index contributed by atoms with van der Waals surface area (Å²) >= 11 is 7.12. The van der Waals surface area contributed by atoms with E-state index in [1.807, 2.05) is 6.07 Å². The lowest BCUT2D eigenvalue weighted by atomic mass is 10.0. The van der Waals surface area contributed by atoms with Gasteiger partial charge in [0.1, 0.15) is 0 Å². The molecule has 0 aliphatic carbocycles. The topological polar surface area (TPSA) is 12.0 Å². The van der Waals surface area contributed by atoms with E-state index in [1.165, 1.54) is 11.1 Å². The van der Waals surface area contributed by atoms with Gasteiger partial charge in [0.2, 0.25) is 0 Å². The van der Waals surface area contributed by atoms with E-state index in [2.05, 4.69) is 93.5 Å². The van der Waals surface area contributed by atoms with E-state index >= 15 is 0 Å². The molecule has 106 valence electrons. The highest BCUT2D eigenvalue weighted by atomic mass is 79.9. The third-order valence-corrected chi connectivity index (χ3v) is 4.75. The summed E-state index contributed by atoms with van der Waals surface area (Å²) in [6.07, 6.45) is 1.07. The van der Waals surface area contributed by atoms with Gasteiger partial charge in [0, 0.05) is 21.0 Å². The molecule has 2 atom stereocenters. The minimum Gasteiger partial charge on any atom is -0.303 e. The summed E-state index contributed by atoms with van der Waals surface area (Å²) in [5.41, 5.74) is 2.62. The smallest absolute Gasteiger partial charge is 0.0323 e. The van der Waals surface area contributed by atoms with E-state index in [-0.39, 0.29) is 0 Å². The van der Waals surface area contributed by atoms with Crippen molar-refractivity contribution in [1.29, 1.82) is 0 Å². The molecule has 0 aliphatic heterocycles. The normalized spacial score (nSPS) is 14.0. The van der Waals surface area contributed by atoms with Crippen molar-refractivity contribution < 1.29 is 0 Å². The summed E-state index contributed by atoms with van der Waals surface area (Å²) in [4.78, 5) is 0. The van der Waals surface area contributed by atoms with E-state index in [9.17, 15) is 0 Å². The Balaban J connectivity index is 2.14. The molecule has 0 aliphatic rings. The maximum Gasteiger partial charge on any atom is 0.0323 e. The van der Waals surface area contributed by atoms with Crippen molar-refractivity contribution in [2.24, 2.45) is 0 Å². The van der Waals surface area contributed by atoms with Crippen LogP contribution in [0, 0.1) is 0 Å². The van der Waals surface area contributed by atoms with Crippen LogP contribution in [0.1, 0.15) is 43.5 Å². The molecule has 0 saturated heterocycles. The first-order valence-corrected chi connectivity index (χ1v) is 8.46. The molecule has 3 heteroatoms. The predicted molar refractivity (Wildman–Crippen MR) is 92.9 cm³/mol. The predicted octanol–water partition coefficient (Wildman–Crippen LogP) is 6.01. The zero-order chi connectivity index (χ0) is 14.5. The Kier molecular flexibility index (Phi) is 5.82. The molecule has 0 fully saturated rings. The van der Waals surface area contributed by atoms with Crippen LogP contribution in [0.2, 0.25) is 0 Å². The first kappa shape index (κ1) is 15.7. The number of rotatable bonds is 5. The number of hydrogen-bond acceptors (Lipinski definition) is 1.